The van der Waals surface area contributed by atoms with Crippen molar-refractivity contribution >= 4 is 49.4 Å². The van der Waals surface area contributed by atoms with E-state index in [1.54, 1.807) is 23.9 Å². The fourth-order valence-corrected chi connectivity index (χ4v) is 4.25. The van der Waals surface area contributed by atoms with Gasteiger partial charge in [0.25, 0.3) is 10.1 Å². The molecule has 2 rings (SSSR count). The van der Waals surface area contributed by atoms with Gasteiger partial charge in [0.1, 0.15) is 0 Å². The summed E-state index contributed by atoms with van der Waals surface area (Å²) in [6, 6.07) is 12.1. The molecule has 0 spiro atoms. The van der Waals surface area contributed by atoms with Gasteiger partial charge in [0, 0.05) is 14.8 Å². The summed E-state index contributed by atoms with van der Waals surface area (Å²) in [5.74, 6) is 0. The van der Waals surface area contributed by atoms with E-state index < -0.39 is 15.5 Å². The first-order chi connectivity index (χ1) is 11.2. The molecular formula is C17H18BrClO3S2. The van der Waals surface area contributed by atoms with Gasteiger partial charge in [-0.3, -0.25) is 4.18 Å². The quantitative estimate of drug-likeness (QED) is 0.431. The minimum atomic E-state index is -3.80. The summed E-state index contributed by atoms with van der Waals surface area (Å²) in [6.07, 6.45) is 1.96. The maximum Gasteiger partial charge on any atom is 0.297 e. The zero-order valence-corrected chi connectivity index (χ0v) is 17.5. The lowest BCUT2D eigenvalue weighted by molar-refractivity contribution is 0.246. The molecule has 0 atom stereocenters. The third-order valence-electron chi connectivity index (χ3n) is 3.61. The van der Waals surface area contributed by atoms with E-state index in [2.05, 4.69) is 15.9 Å². The van der Waals surface area contributed by atoms with E-state index in [1.165, 1.54) is 12.1 Å². The van der Waals surface area contributed by atoms with Crippen LogP contribution in [0.25, 0.3) is 0 Å². The number of halogens is 2. The highest BCUT2D eigenvalue weighted by atomic mass is 79.9. The number of benzene rings is 2. The maximum absolute atomic E-state index is 12.3. The average Bonchev–Trinajstić information content (AvgIpc) is 2.53. The van der Waals surface area contributed by atoms with Gasteiger partial charge in [0.2, 0.25) is 0 Å². The molecule has 0 amide bonds. The van der Waals surface area contributed by atoms with Crippen LogP contribution in [-0.2, 0) is 19.7 Å². The molecule has 2 aromatic rings. The Kier molecular flexibility index (Phi) is 6.42. The highest BCUT2D eigenvalue weighted by molar-refractivity contribution is 9.10. The Morgan fingerprint density at radius 3 is 2.33 bits per heavy atom. The van der Waals surface area contributed by atoms with Gasteiger partial charge < -0.3 is 0 Å². The molecule has 0 bridgehead atoms. The molecule has 0 fully saturated rings. The SMILES string of the molecule is CSc1ccc(C(C)(C)COS(=O)(=O)c2ccc(Br)cc2)cc1Cl. The smallest absolute Gasteiger partial charge is 0.265 e. The van der Waals surface area contributed by atoms with Gasteiger partial charge in [-0.1, -0.05) is 47.4 Å². The van der Waals surface area contributed by atoms with Gasteiger partial charge in [0.15, 0.2) is 0 Å². The number of hydrogen-bond acceptors (Lipinski definition) is 4. The minimum Gasteiger partial charge on any atom is -0.265 e. The first kappa shape index (κ1) is 19.8. The molecule has 7 heteroatoms. The lowest BCUT2D eigenvalue weighted by Crippen LogP contribution is -2.26. The summed E-state index contributed by atoms with van der Waals surface area (Å²) in [5, 5.41) is 0.656. The van der Waals surface area contributed by atoms with Crippen molar-refractivity contribution in [1.82, 2.24) is 0 Å². The summed E-state index contributed by atoms with van der Waals surface area (Å²) < 4.78 is 30.7. The van der Waals surface area contributed by atoms with Crippen LogP contribution in [0.1, 0.15) is 19.4 Å². The van der Waals surface area contributed by atoms with E-state index in [0.29, 0.717) is 5.02 Å². The van der Waals surface area contributed by atoms with Crippen LogP contribution in [0, 0.1) is 0 Å². The van der Waals surface area contributed by atoms with Gasteiger partial charge in [0.05, 0.1) is 16.5 Å². The Bertz CT molecular complexity index is 818. The molecule has 0 aromatic heterocycles. The molecule has 130 valence electrons. The molecule has 3 nitrogen and oxygen atoms in total. The lowest BCUT2D eigenvalue weighted by atomic mass is 9.86. The van der Waals surface area contributed by atoms with Crippen LogP contribution in [-0.4, -0.2) is 21.3 Å². The molecule has 0 saturated heterocycles. The molecule has 0 radical (unpaired) electrons. The molecule has 0 saturated carbocycles. The van der Waals surface area contributed by atoms with Crippen molar-refractivity contribution in [2.75, 3.05) is 12.9 Å². The predicted molar refractivity (Wildman–Crippen MR) is 104 cm³/mol. The Labute approximate surface area is 161 Å². The zero-order chi connectivity index (χ0) is 18.0. The molecule has 0 heterocycles. The summed E-state index contributed by atoms with van der Waals surface area (Å²) in [4.78, 5) is 1.12. The Hall–Kier alpha value is -0.530. The van der Waals surface area contributed by atoms with Gasteiger partial charge in [-0.15, -0.1) is 11.8 Å². The minimum absolute atomic E-state index is 0.0281. The normalized spacial score (nSPS) is 12.4. The topological polar surface area (TPSA) is 43.4 Å². The van der Waals surface area contributed by atoms with Gasteiger partial charge in [-0.05, 0) is 48.2 Å². The van der Waals surface area contributed by atoms with E-state index in [0.717, 1.165) is 14.9 Å². The second-order valence-corrected chi connectivity index (χ2v) is 9.69. The summed E-state index contributed by atoms with van der Waals surface area (Å²) in [5.41, 5.74) is 0.430. The van der Waals surface area contributed by atoms with Crippen LogP contribution < -0.4 is 0 Å². The van der Waals surface area contributed by atoms with Crippen LogP contribution >= 0.6 is 39.3 Å². The third-order valence-corrected chi connectivity index (χ3v) is 6.64. The highest BCUT2D eigenvalue weighted by Gasteiger charge is 2.26. The second kappa shape index (κ2) is 7.79. The van der Waals surface area contributed by atoms with E-state index in [9.17, 15) is 8.42 Å². The predicted octanol–water partition coefficient (Wildman–Crippen LogP) is 5.51. The van der Waals surface area contributed by atoms with Crippen molar-refractivity contribution in [3.63, 3.8) is 0 Å². The average molecular weight is 450 g/mol. The Balaban J connectivity index is 2.17. The van der Waals surface area contributed by atoms with Gasteiger partial charge in [-0.2, -0.15) is 8.42 Å². The van der Waals surface area contributed by atoms with E-state index >= 15 is 0 Å². The number of hydrogen-bond donors (Lipinski definition) is 0. The summed E-state index contributed by atoms with van der Waals surface area (Å²) >= 11 is 11.1. The van der Waals surface area contributed by atoms with Gasteiger partial charge >= 0.3 is 0 Å². The first-order valence-electron chi connectivity index (χ1n) is 7.15. The van der Waals surface area contributed by atoms with E-state index in [-0.39, 0.29) is 11.5 Å². The summed E-state index contributed by atoms with van der Waals surface area (Å²) in [6.45, 7) is 3.88. The van der Waals surface area contributed by atoms with Crippen LogP contribution in [0.5, 0.6) is 0 Å². The van der Waals surface area contributed by atoms with E-state index in [1.807, 2.05) is 38.3 Å². The van der Waals surface area contributed by atoms with Crippen LogP contribution in [0.15, 0.2) is 56.7 Å². The van der Waals surface area contributed by atoms with Crippen molar-refractivity contribution in [3.8, 4) is 0 Å². The molecule has 2 aromatic carbocycles. The van der Waals surface area contributed by atoms with Crippen molar-refractivity contribution in [2.24, 2.45) is 0 Å². The van der Waals surface area contributed by atoms with Crippen LogP contribution in [0.2, 0.25) is 5.02 Å². The van der Waals surface area contributed by atoms with Crippen molar-refractivity contribution in [3.05, 3.63) is 57.5 Å². The largest absolute Gasteiger partial charge is 0.297 e. The second-order valence-electron chi connectivity index (χ2n) is 5.90. The number of rotatable bonds is 6. The molecule has 0 N–H and O–H groups in total. The standard InChI is InChI=1S/C17H18BrClO3S2/c1-17(2,12-4-9-16(23-3)15(19)10-12)11-22-24(20,21)14-7-5-13(18)6-8-14/h4-10H,11H2,1-3H3. The summed E-state index contributed by atoms with van der Waals surface area (Å²) in [7, 11) is -3.80. The molecule has 0 unspecified atom stereocenters. The fourth-order valence-electron chi connectivity index (χ4n) is 2.06. The number of thioether (sulfide) groups is 1. The molecule has 0 aliphatic carbocycles. The molecule has 24 heavy (non-hydrogen) atoms. The lowest BCUT2D eigenvalue weighted by Gasteiger charge is -2.25. The Morgan fingerprint density at radius 2 is 1.79 bits per heavy atom. The van der Waals surface area contributed by atoms with Crippen molar-refractivity contribution < 1.29 is 12.6 Å². The maximum atomic E-state index is 12.3. The van der Waals surface area contributed by atoms with Crippen LogP contribution in [0.4, 0.5) is 0 Å². The monoisotopic (exact) mass is 448 g/mol. The first-order valence-corrected chi connectivity index (χ1v) is 11.0. The molecule has 0 aliphatic heterocycles. The zero-order valence-electron chi connectivity index (χ0n) is 13.5. The van der Waals surface area contributed by atoms with Crippen molar-refractivity contribution in [1.29, 1.82) is 0 Å². The van der Waals surface area contributed by atoms with E-state index in [4.69, 9.17) is 15.8 Å². The molecule has 0 aliphatic rings. The third kappa shape index (κ3) is 4.76. The highest BCUT2D eigenvalue weighted by Crippen LogP contribution is 2.32. The molecular weight excluding hydrogens is 432 g/mol. The Morgan fingerprint density at radius 1 is 1.17 bits per heavy atom. The van der Waals surface area contributed by atoms with Crippen LogP contribution in [0.3, 0.4) is 0 Å². The van der Waals surface area contributed by atoms with Gasteiger partial charge in [-0.25, -0.2) is 0 Å². The fraction of sp³-hybridized carbons (Fsp3) is 0.294. The van der Waals surface area contributed by atoms with Crippen molar-refractivity contribution in [2.45, 2.75) is 29.1 Å².